The molecule has 0 atom stereocenters. The summed E-state index contributed by atoms with van der Waals surface area (Å²) < 4.78 is 0. The lowest BCUT2D eigenvalue weighted by atomic mass is 9.83. The van der Waals surface area contributed by atoms with E-state index in [1.165, 1.54) is 27.8 Å². The molecule has 3 nitrogen and oxygen atoms in total. The molecule has 1 aliphatic rings. The highest BCUT2D eigenvalue weighted by molar-refractivity contribution is 5.86. The van der Waals surface area contributed by atoms with E-state index in [1.54, 1.807) is 0 Å². The van der Waals surface area contributed by atoms with E-state index in [0.717, 1.165) is 22.5 Å². The van der Waals surface area contributed by atoms with Gasteiger partial charge >= 0.3 is 0 Å². The van der Waals surface area contributed by atoms with Crippen LogP contribution in [-0.4, -0.2) is 4.98 Å². The summed E-state index contributed by atoms with van der Waals surface area (Å²) in [5.74, 6) is 0. The lowest BCUT2D eigenvalue weighted by Crippen LogP contribution is -2.28. The number of hydrogen-bond acceptors (Lipinski definition) is 2. The molecule has 1 aromatic heterocycles. The molecule has 0 amide bonds. The summed E-state index contributed by atoms with van der Waals surface area (Å²) in [6.07, 6.45) is 6.35. The van der Waals surface area contributed by atoms with Crippen LogP contribution in [0, 0.1) is 0 Å². The average molecular weight is 432 g/mol. The average Bonchev–Trinajstić information content (AvgIpc) is 3.35. The van der Waals surface area contributed by atoms with E-state index in [2.05, 4.69) is 122 Å². The minimum absolute atomic E-state index is 0.0379. The van der Waals surface area contributed by atoms with Crippen molar-refractivity contribution < 1.29 is 0 Å². The number of rotatable bonds is 4. The van der Waals surface area contributed by atoms with Crippen LogP contribution in [0.25, 0.3) is 33.7 Å². The van der Waals surface area contributed by atoms with Gasteiger partial charge in [0.25, 0.3) is 0 Å². The molecule has 0 aliphatic carbocycles. The Hall–Kier alpha value is -3.98. The van der Waals surface area contributed by atoms with E-state index in [1.807, 2.05) is 18.3 Å². The summed E-state index contributed by atoms with van der Waals surface area (Å²) in [7, 11) is 0. The molecule has 0 saturated carbocycles. The fourth-order valence-corrected chi connectivity index (χ4v) is 4.10. The molecule has 0 spiro atoms. The molecule has 0 fully saturated rings. The standard InChI is InChI=1S/C30H29N3/c1-30(2,3)27-15-23(25-17-28(31-19-25)21-10-6-4-7-11-21)14-24(16-27)26-18-29(33-32-20-26)22-12-8-5-9-13-22/h4-20,31-33H,1-3H3. The van der Waals surface area contributed by atoms with E-state index in [9.17, 15) is 0 Å². The highest BCUT2D eigenvalue weighted by Gasteiger charge is 2.18. The highest BCUT2D eigenvalue weighted by atomic mass is 15.4. The SMILES string of the molecule is CC(C)(C)c1cc(C2=CNNC(c3ccccc3)=C2)cc(-c2c[nH]c(-c3ccccc3)c2)c1. The van der Waals surface area contributed by atoms with Crippen molar-refractivity contribution in [2.24, 2.45) is 0 Å². The van der Waals surface area contributed by atoms with Gasteiger partial charge in [0.1, 0.15) is 0 Å². The van der Waals surface area contributed by atoms with Crippen LogP contribution in [0.5, 0.6) is 0 Å². The minimum Gasteiger partial charge on any atom is -0.361 e. The maximum Gasteiger partial charge on any atom is 0.0618 e. The number of hydrazine groups is 1. The smallest absolute Gasteiger partial charge is 0.0618 e. The highest BCUT2D eigenvalue weighted by Crippen LogP contribution is 2.34. The molecular weight excluding hydrogens is 402 g/mol. The fraction of sp³-hybridized carbons (Fsp3) is 0.133. The molecule has 1 aliphatic heterocycles. The van der Waals surface area contributed by atoms with Gasteiger partial charge in [0, 0.05) is 23.7 Å². The molecular formula is C30H29N3. The van der Waals surface area contributed by atoms with Gasteiger partial charge in [0.15, 0.2) is 0 Å². The molecule has 3 aromatic carbocycles. The number of aromatic amines is 1. The number of H-pyrrole nitrogens is 1. The number of hydrogen-bond donors (Lipinski definition) is 3. The first kappa shape index (κ1) is 20.9. The van der Waals surface area contributed by atoms with Crippen LogP contribution in [0.15, 0.2) is 103 Å². The van der Waals surface area contributed by atoms with Crippen LogP contribution in [0.3, 0.4) is 0 Å². The first-order valence-electron chi connectivity index (χ1n) is 11.4. The van der Waals surface area contributed by atoms with Gasteiger partial charge in [-0.1, -0.05) is 93.6 Å². The van der Waals surface area contributed by atoms with Gasteiger partial charge in [-0.25, -0.2) is 0 Å². The maximum atomic E-state index is 3.46. The Bertz CT molecular complexity index is 1320. The van der Waals surface area contributed by atoms with Crippen LogP contribution in [0.2, 0.25) is 0 Å². The predicted octanol–water partition coefficient (Wildman–Crippen LogP) is 7.14. The van der Waals surface area contributed by atoms with E-state index < -0.39 is 0 Å². The van der Waals surface area contributed by atoms with E-state index in [-0.39, 0.29) is 5.41 Å². The second-order valence-electron chi connectivity index (χ2n) is 9.51. The molecule has 33 heavy (non-hydrogen) atoms. The van der Waals surface area contributed by atoms with Crippen molar-refractivity contribution in [3.63, 3.8) is 0 Å². The Labute approximate surface area is 195 Å². The Morgan fingerprint density at radius 3 is 2.00 bits per heavy atom. The molecule has 0 saturated heterocycles. The van der Waals surface area contributed by atoms with Gasteiger partial charge in [0.2, 0.25) is 0 Å². The zero-order chi connectivity index (χ0) is 22.8. The van der Waals surface area contributed by atoms with Gasteiger partial charge < -0.3 is 15.8 Å². The molecule has 0 unspecified atom stereocenters. The predicted molar refractivity (Wildman–Crippen MR) is 139 cm³/mol. The topological polar surface area (TPSA) is 39.8 Å². The molecule has 3 N–H and O–H groups in total. The van der Waals surface area contributed by atoms with Crippen molar-refractivity contribution >= 4 is 11.3 Å². The number of allylic oxidation sites excluding steroid dienone is 2. The van der Waals surface area contributed by atoms with Gasteiger partial charge in [0.05, 0.1) is 5.70 Å². The molecule has 164 valence electrons. The molecule has 0 bridgehead atoms. The van der Waals surface area contributed by atoms with Crippen LogP contribution < -0.4 is 10.9 Å². The zero-order valence-corrected chi connectivity index (χ0v) is 19.3. The van der Waals surface area contributed by atoms with Crippen LogP contribution >= 0.6 is 0 Å². The fourth-order valence-electron chi connectivity index (χ4n) is 4.10. The largest absolute Gasteiger partial charge is 0.361 e. The number of aromatic nitrogens is 1. The number of nitrogens with one attached hydrogen (secondary N) is 3. The quantitative estimate of drug-likeness (QED) is 0.321. The normalized spacial score (nSPS) is 13.5. The van der Waals surface area contributed by atoms with Crippen molar-refractivity contribution in [1.82, 2.24) is 15.8 Å². The van der Waals surface area contributed by atoms with Crippen molar-refractivity contribution in [3.8, 4) is 22.4 Å². The van der Waals surface area contributed by atoms with E-state index in [0.29, 0.717) is 0 Å². The molecule has 2 heterocycles. The second-order valence-corrected chi connectivity index (χ2v) is 9.51. The summed E-state index contributed by atoms with van der Waals surface area (Å²) in [6, 6.07) is 30.0. The zero-order valence-electron chi connectivity index (χ0n) is 19.3. The molecule has 4 aromatic rings. The number of benzene rings is 3. The Morgan fingerprint density at radius 1 is 0.636 bits per heavy atom. The maximum absolute atomic E-state index is 3.46. The Kier molecular flexibility index (Phi) is 5.39. The molecule has 0 radical (unpaired) electrons. The van der Waals surface area contributed by atoms with Crippen molar-refractivity contribution in [3.05, 3.63) is 120 Å². The molecule has 3 heteroatoms. The molecule has 5 rings (SSSR count). The van der Waals surface area contributed by atoms with E-state index in [4.69, 9.17) is 0 Å². The van der Waals surface area contributed by atoms with Gasteiger partial charge in [-0.2, -0.15) is 0 Å². The second kappa shape index (κ2) is 8.51. The van der Waals surface area contributed by atoms with Crippen LogP contribution in [-0.2, 0) is 5.41 Å². The third-order valence-electron chi connectivity index (χ3n) is 6.05. The van der Waals surface area contributed by atoms with Gasteiger partial charge in [-0.3, -0.25) is 0 Å². The summed E-state index contributed by atoms with van der Waals surface area (Å²) in [6.45, 7) is 6.80. The van der Waals surface area contributed by atoms with Crippen molar-refractivity contribution in [2.75, 3.05) is 0 Å². The van der Waals surface area contributed by atoms with Crippen LogP contribution in [0.4, 0.5) is 0 Å². The first-order valence-corrected chi connectivity index (χ1v) is 11.4. The lowest BCUT2D eigenvalue weighted by molar-refractivity contribution is 0.590. The summed E-state index contributed by atoms with van der Waals surface area (Å²) >= 11 is 0. The minimum atomic E-state index is 0.0379. The Morgan fingerprint density at radius 2 is 1.30 bits per heavy atom. The van der Waals surface area contributed by atoms with Crippen molar-refractivity contribution in [2.45, 2.75) is 26.2 Å². The van der Waals surface area contributed by atoms with E-state index >= 15 is 0 Å². The third kappa shape index (κ3) is 4.49. The first-order chi connectivity index (χ1) is 16.0. The van der Waals surface area contributed by atoms with Crippen molar-refractivity contribution in [1.29, 1.82) is 0 Å². The summed E-state index contributed by atoms with van der Waals surface area (Å²) in [5.41, 5.74) is 17.1. The van der Waals surface area contributed by atoms with Gasteiger partial charge in [-0.05, 0) is 57.0 Å². The summed E-state index contributed by atoms with van der Waals surface area (Å²) in [4.78, 5) is 3.46. The lowest BCUT2D eigenvalue weighted by Gasteiger charge is -2.23. The third-order valence-corrected chi connectivity index (χ3v) is 6.05. The van der Waals surface area contributed by atoms with Gasteiger partial charge in [-0.15, -0.1) is 0 Å². The Balaban J connectivity index is 1.57. The monoisotopic (exact) mass is 431 g/mol. The summed E-state index contributed by atoms with van der Waals surface area (Å²) in [5, 5.41) is 0. The van der Waals surface area contributed by atoms with Crippen LogP contribution in [0.1, 0.15) is 37.5 Å².